The molecule has 4 heteroatoms. The predicted molar refractivity (Wildman–Crippen MR) is 61.4 cm³/mol. The van der Waals surface area contributed by atoms with E-state index in [0.717, 1.165) is 11.4 Å². The van der Waals surface area contributed by atoms with Gasteiger partial charge in [-0.25, -0.2) is 4.68 Å². The molecule has 0 aliphatic rings. The van der Waals surface area contributed by atoms with Gasteiger partial charge in [0.05, 0.1) is 23.7 Å². The zero-order valence-corrected chi connectivity index (χ0v) is 9.46. The average Bonchev–Trinajstić information content (AvgIpc) is 2.78. The molecule has 2 rings (SSSR count). The molecule has 84 valence electrons. The molecule has 0 fully saturated rings. The number of nitrogens with zero attached hydrogens (tertiary/aromatic N) is 3. The Morgan fingerprint density at radius 2 is 2.19 bits per heavy atom. The van der Waals surface area contributed by atoms with Crippen molar-refractivity contribution in [1.82, 2.24) is 14.8 Å². The third kappa shape index (κ3) is 2.12. The van der Waals surface area contributed by atoms with Crippen LogP contribution in [0.3, 0.4) is 0 Å². The number of pyridine rings is 1. The van der Waals surface area contributed by atoms with E-state index < -0.39 is 0 Å². The summed E-state index contributed by atoms with van der Waals surface area (Å²) >= 11 is 0. The number of aliphatic hydroxyl groups is 1. The van der Waals surface area contributed by atoms with Crippen LogP contribution in [0.2, 0.25) is 0 Å². The molecule has 0 aromatic carbocycles. The first-order valence-electron chi connectivity index (χ1n) is 5.32. The maximum Gasteiger partial charge on any atom is 0.0853 e. The molecule has 2 aromatic heterocycles. The summed E-state index contributed by atoms with van der Waals surface area (Å²) in [7, 11) is 0. The van der Waals surface area contributed by atoms with Gasteiger partial charge in [0.25, 0.3) is 0 Å². The van der Waals surface area contributed by atoms with Crippen LogP contribution in [0.4, 0.5) is 0 Å². The lowest BCUT2D eigenvalue weighted by Crippen LogP contribution is -1.99. The molecule has 0 atom stereocenters. The van der Waals surface area contributed by atoms with Crippen LogP contribution in [0.15, 0.2) is 30.6 Å². The SMILES string of the molecule is CC(C)c1ccn(-c2ccnc(CO)c2)n1. The molecule has 0 unspecified atom stereocenters. The van der Waals surface area contributed by atoms with Gasteiger partial charge in [-0.3, -0.25) is 4.98 Å². The Hall–Kier alpha value is -1.68. The first kappa shape index (κ1) is 10.8. The average molecular weight is 217 g/mol. The number of aromatic nitrogens is 3. The van der Waals surface area contributed by atoms with E-state index in [1.54, 1.807) is 10.9 Å². The van der Waals surface area contributed by atoms with Gasteiger partial charge in [0, 0.05) is 12.4 Å². The molecule has 0 saturated heterocycles. The van der Waals surface area contributed by atoms with Gasteiger partial charge < -0.3 is 5.11 Å². The Balaban J connectivity index is 2.34. The van der Waals surface area contributed by atoms with Gasteiger partial charge >= 0.3 is 0 Å². The minimum atomic E-state index is -0.0495. The van der Waals surface area contributed by atoms with Crippen LogP contribution >= 0.6 is 0 Å². The second kappa shape index (κ2) is 4.45. The molecule has 4 nitrogen and oxygen atoms in total. The van der Waals surface area contributed by atoms with E-state index in [1.807, 2.05) is 24.4 Å². The highest BCUT2D eigenvalue weighted by Crippen LogP contribution is 2.14. The molecular weight excluding hydrogens is 202 g/mol. The maximum absolute atomic E-state index is 9.01. The van der Waals surface area contributed by atoms with Crippen molar-refractivity contribution in [2.45, 2.75) is 26.4 Å². The van der Waals surface area contributed by atoms with Gasteiger partial charge in [-0.15, -0.1) is 0 Å². The van der Waals surface area contributed by atoms with Crippen LogP contribution in [0.5, 0.6) is 0 Å². The molecule has 2 heterocycles. The molecule has 0 aliphatic carbocycles. The Kier molecular flexibility index (Phi) is 3.01. The second-order valence-corrected chi connectivity index (χ2v) is 4.00. The van der Waals surface area contributed by atoms with Gasteiger partial charge in [0.2, 0.25) is 0 Å². The highest BCUT2D eigenvalue weighted by atomic mass is 16.3. The summed E-state index contributed by atoms with van der Waals surface area (Å²) in [6, 6.07) is 5.71. The minimum Gasteiger partial charge on any atom is -0.390 e. The topological polar surface area (TPSA) is 50.9 Å². The first-order chi connectivity index (χ1) is 7.70. The highest BCUT2D eigenvalue weighted by molar-refractivity contribution is 5.31. The van der Waals surface area contributed by atoms with Crippen LogP contribution in [-0.4, -0.2) is 19.9 Å². The van der Waals surface area contributed by atoms with Crippen molar-refractivity contribution >= 4 is 0 Å². The number of rotatable bonds is 3. The second-order valence-electron chi connectivity index (χ2n) is 4.00. The molecular formula is C12H15N3O. The van der Waals surface area contributed by atoms with Crippen molar-refractivity contribution < 1.29 is 5.11 Å². The Morgan fingerprint density at radius 1 is 1.38 bits per heavy atom. The Morgan fingerprint density at radius 3 is 2.81 bits per heavy atom. The lowest BCUT2D eigenvalue weighted by atomic mass is 10.1. The fraction of sp³-hybridized carbons (Fsp3) is 0.333. The molecule has 0 aliphatic heterocycles. The Bertz CT molecular complexity index is 477. The zero-order chi connectivity index (χ0) is 11.5. The number of aliphatic hydroxyl groups excluding tert-OH is 1. The van der Waals surface area contributed by atoms with Crippen LogP contribution in [-0.2, 0) is 6.61 Å². The van der Waals surface area contributed by atoms with E-state index in [0.29, 0.717) is 11.6 Å². The smallest absolute Gasteiger partial charge is 0.0853 e. The lowest BCUT2D eigenvalue weighted by molar-refractivity contribution is 0.277. The summed E-state index contributed by atoms with van der Waals surface area (Å²) in [5, 5.41) is 13.5. The third-order valence-corrected chi connectivity index (χ3v) is 2.43. The van der Waals surface area contributed by atoms with E-state index in [2.05, 4.69) is 23.9 Å². The number of hydrogen-bond donors (Lipinski definition) is 1. The molecule has 2 aromatic rings. The van der Waals surface area contributed by atoms with E-state index in [1.165, 1.54) is 0 Å². The summed E-state index contributed by atoms with van der Waals surface area (Å²) in [5.74, 6) is 0.417. The first-order valence-corrected chi connectivity index (χ1v) is 5.32. The fourth-order valence-corrected chi connectivity index (χ4v) is 1.48. The minimum absolute atomic E-state index is 0.0495. The lowest BCUT2D eigenvalue weighted by Gasteiger charge is -2.03. The van der Waals surface area contributed by atoms with Crippen molar-refractivity contribution in [1.29, 1.82) is 0 Å². The fourth-order valence-electron chi connectivity index (χ4n) is 1.48. The van der Waals surface area contributed by atoms with Crippen molar-refractivity contribution in [3.8, 4) is 5.69 Å². The summed E-state index contributed by atoms with van der Waals surface area (Å²) < 4.78 is 1.80. The molecule has 1 N–H and O–H groups in total. The number of hydrogen-bond acceptors (Lipinski definition) is 3. The van der Waals surface area contributed by atoms with E-state index in [9.17, 15) is 0 Å². The maximum atomic E-state index is 9.01. The van der Waals surface area contributed by atoms with Crippen molar-refractivity contribution in [3.05, 3.63) is 42.0 Å². The molecule has 0 radical (unpaired) electrons. The van der Waals surface area contributed by atoms with Gasteiger partial charge in [-0.2, -0.15) is 5.10 Å². The van der Waals surface area contributed by atoms with E-state index in [4.69, 9.17) is 5.11 Å². The molecule has 0 bridgehead atoms. The molecule has 16 heavy (non-hydrogen) atoms. The molecule has 0 amide bonds. The largest absolute Gasteiger partial charge is 0.390 e. The Labute approximate surface area is 94.6 Å². The zero-order valence-electron chi connectivity index (χ0n) is 9.46. The van der Waals surface area contributed by atoms with Gasteiger partial charge in [0.1, 0.15) is 0 Å². The normalized spacial score (nSPS) is 11.0. The summed E-state index contributed by atoms with van der Waals surface area (Å²) in [6.07, 6.45) is 3.60. The summed E-state index contributed by atoms with van der Waals surface area (Å²) in [6.45, 7) is 4.17. The van der Waals surface area contributed by atoms with Crippen molar-refractivity contribution in [3.63, 3.8) is 0 Å². The van der Waals surface area contributed by atoms with Crippen molar-refractivity contribution in [2.24, 2.45) is 0 Å². The van der Waals surface area contributed by atoms with Gasteiger partial charge in [0.15, 0.2) is 0 Å². The summed E-state index contributed by atoms with van der Waals surface area (Å²) in [5.41, 5.74) is 2.63. The van der Waals surface area contributed by atoms with Crippen LogP contribution in [0.1, 0.15) is 31.2 Å². The summed E-state index contributed by atoms with van der Waals surface area (Å²) in [4.78, 5) is 4.03. The van der Waals surface area contributed by atoms with Gasteiger partial charge in [-0.1, -0.05) is 13.8 Å². The molecule has 0 spiro atoms. The van der Waals surface area contributed by atoms with Crippen LogP contribution < -0.4 is 0 Å². The van der Waals surface area contributed by atoms with Crippen LogP contribution in [0, 0.1) is 0 Å². The molecule has 0 saturated carbocycles. The van der Waals surface area contributed by atoms with E-state index >= 15 is 0 Å². The quantitative estimate of drug-likeness (QED) is 0.854. The van der Waals surface area contributed by atoms with Crippen molar-refractivity contribution in [2.75, 3.05) is 0 Å². The highest BCUT2D eigenvalue weighted by Gasteiger charge is 2.05. The predicted octanol–water partition coefficient (Wildman–Crippen LogP) is 1.88. The monoisotopic (exact) mass is 217 g/mol. The van der Waals surface area contributed by atoms with E-state index in [-0.39, 0.29) is 6.61 Å². The third-order valence-electron chi connectivity index (χ3n) is 2.43. The standard InChI is InChI=1S/C12H15N3O/c1-9(2)12-4-6-15(14-12)11-3-5-13-10(7-11)8-16/h3-7,9,16H,8H2,1-2H3. The van der Waals surface area contributed by atoms with Gasteiger partial charge in [-0.05, 0) is 24.1 Å². The van der Waals surface area contributed by atoms with Crippen LogP contribution in [0.25, 0.3) is 5.69 Å².